The number of hydrogen-bond acceptors (Lipinski definition) is 4. The summed E-state index contributed by atoms with van der Waals surface area (Å²) in [5.74, 6) is 1.36. The van der Waals surface area contributed by atoms with Gasteiger partial charge in [-0.2, -0.15) is 5.10 Å². The van der Waals surface area contributed by atoms with Crippen LogP contribution in [0.1, 0.15) is 38.5 Å². The predicted molar refractivity (Wildman–Crippen MR) is 108 cm³/mol. The summed E-state index contributed by atoms with van der Waals surface area (Å²) < 4.78 is 2.05. The maximum Gasteiger partial charge on any atom is 0.230 e. The average Bonchev–Trinajstić information content (AvgIpc) is 3.42. The molecule has 4 saturated carbocycles. The Morgan fingerprint density at radius 3 is 2.76 bits per heavy atom. The van der Waals surface area contributed by atoms with Crippen LogP contribution in [0.5, 0.6) is 0 Å². The number of rotatable bonds is 4. The molecule has 0 radical (unpaired) electrons. The Labute approximate surface area is 169 Å². The van der Waals surface area contributed by atoms with E-state index < -0.39 is 0 Å². The topological polar surface area (TPSA) is 88.5 Å². The van der Waals surface area contributed by atoms with Crippen molar-refractivity contribution >= 4 is 11.6 Å². The second-order valence-corrected chi connectivity index (χ2v) is 9.31. The minimum absolute atomic E-state index is 0.0459. The Hall–Kier alpha value is -2.96. The third-order valence-electron chi connectivity index (χ3n) is 7.35. The van der Waals surface area contributed by atoms with Gasteiger partial charge < -0.3 is 10.3 Å². The van der Waals surface area contributed by atoms with Crippen LogP contribution in [-0.4, -0.2) is 30.6 Å². The highest BCUT2D eigenvalue weighted by atomic mass is 16.2. The number of aromatic nitrogens is 5. The highest BCUT2D eigenvalue weighted by Gasteiger charge is 2.61. The first-order valence-corrected chi connectivity index (χ1v) is 10.4. The van der Waals surface area contributed by atoms with E-state index in [4.69, 9.17) is 0 Å². The fourth-order valence-corrected chi connectivity index (χ4v) is 6.64. The first-order chi connectivity index (χ1) is 14.1. The van der Waals surface area contributed by atoms with E-state index in [9.17, 15) is 4.79 Å². The second-order valence-electron chi connectivity index (χ2n) is 9.31. The van der Waals surface area contributed by atoms with Crippen LogP contribution in [0.2, 0.25) is 0 Å². The number of anilines is 1. The smallest absolute Gasteiger partial charge is 0.230 e. The molecular weight excluding hydrogens is 364 g/mol. The van der Waals surface area contributed by atoms with Gasteiger partial charge in [-0.15, -0.1) is 0 Å². The van der Waals surface area contributed by atoms with Gasteiger partial charge in [-0.05, 0) is 62.5 Å². The molecule has 3 aromatic rings. The fourth-order valence-electron chi connectivity index (χ4n) is 6.64. The Morgan fingerprint density at radius 2 is 2.03 bits per heavy atom. The largest absolute Gasteiger partial charge is 0.345 e. The molecule has 7 heteroatoms. The Balaban J connectivity index is 1.30. The van der Waals surface area contributed by atoms with E-state index in [0.29, 0.717) is 11.8 Å². The molecule has 2 heterocycles. The van der Waals surface area contributed by atoms with Crippen molar-refractivity contribution in [3.8, 4) is 11.3 Å². The third-order valence-corrected chi connectivity index (χ3v) is 7.35. The summed E-state index contributed by atoms with van der Waals surface area (Å²) >= 11 is 0. The molecule has 2 atom stereocenters. The van der Waals surface area contributed by atoms with Gasteiger partial charge in [0.05, 0.1) is 29.2 Å². The summed E-state index contributed by atoms with van der Waals surface area (Å²) in [6.07, 6.45) is 13.3. The van der Waals surface area contributed by atoms with Crippen LogP contribution in [0.15, 0.2) is 49.4 Å². The van der Waals surface area contributed by atoms with E-state index in [-0.39, 0.29) is 16.9 Å². The van der Waals surface area contributed by atoms with Crippen LogP contribution >= 0.6 is 0 Å². The molecule has 0 saturated heterocycles. The van der Waals surface area contributed by atoms with Gasteiger partial charge in [0, 0.05) is 11.3 Å². The summed E-state index contributed by atoms with van der Waals surface area (Å²) in [5.41, 5.74) is 2.45. The predicted octanol–water partition coefficient (Wildman–Crippen LogP) is 3.60. The molecule has 4 fully saturated rings. The number of amides is 1. The Bertz CT molecular complexity index is 1030. The lowest BCUT2D eigenvalue weighted by Crippen LogP contribution is -2.60. The van der Waals surface area contributed by atoms with Crippen molar-refractivity contribution in [1.29, 1.82) is 0 Å². The molecule has 2 N–H and O–H groups in total. The van der Waals surface area contributed by atoms with Gasteiger partial charge >= 0.3 is 0 Å². The van der Waals surface area contributed by atoms with Gasteiger partial charge in [0.1, 0.15) is 12.7 Å². The van der Waals surface area contributed by atoms with Crippen molar-refractivity contribution in [1.82, 2.24) is 24.7 Å². The Kier molecular flexibility index (Phi) is 3.52. The van der Waals surface area contributed by atoms with Crippen LogP contribution in [0.4, 0.5) is 5.69 Å². The molecule has 0 aliphatic heterocycles. The molecule has 2 aromatic heterocycles. The lowest BCUT2D eigenvalue weighted by Gasteiger charge is -2.60. The standard InChI is InChI=1S/C22H24N6O/c29-20(27-18-3-1-2-17(5-18)19-10-23-12-25-19)21-6-15-4-16(7-21)9-22(8-15,11-21)28-14-24-13-26-28/h1-3,5,10,12-16H,4,6-9,11H2,(H,23,25)(H,27,29). The van der Waals surface area contributed by atoms with Gasteiger partial charge in [-0.1, -0.05) is 12.1 Å². The number of benzene rings is 1. The van der Waals surface area contributed by atoms with E-state index >= 15 is 0 Å². The maximum absolute atomic E-state index is 13.6. The molecule has 4 bridgehead atoms. The first-order valence-electron chi connectivity index (χ1n) is 10.4. The maximum atomic E-state index is 13.6. The lowest BCUT2D eigenvalue weighted by molar-refractivity contribution is -0.150. The number of H-pyrrole nitrogens is 1. The van der Waals surface area contributed by atoms with E-state index in [1.807, 2.05) is 35.3 Å². The van der Waals surface area contributed by atoms with Crippen molar-refractivity contribution in [2.45, 2.75) is 44.1 Å². The van der Waals surface area contributed by atoms with Crippen molar-refractivity contribution in [2.24, 2.45) is 17.3 Å². The number of nitrogens with one attached hydrogen (secondary N) is 2. The number of carbonyl (C=O) groups is 1. The summed E-state index contributed by atoms with van der Waals surface area (Å²) in [6, 6.07) is 7.97. The summed E-state index contributed by atoms with van der Waals surface area (Å²) in [5, 5.41) is 7.73. The summed E-state index contributed by atoms with van der Waals surface area (Å²) in [6.45, 7) is 0. The van der Waals surface area contributed by atoms with Crippen molar-refractivity contribution in [3.05, 3.63) is 49.4 Å². The summed E-state index contributed by atoms with van der Waals surface area (Å²) in [4.78, 5) is 25.0. The fraction of sp³-hybridized carbons (Fsp3) is 0.455. The number of imidazole rings is 1. The number of nitrogens with zero attached hydrogens (tertiary/aromatic N) is 4. The molecule has 1 amide bonds. The van der Waals surface area contributed by atoms with Gasteiger partial charge in [0.25, 0.3) is 0 Å². The van der Waals surface area contributed by atoms with Gasteiger partial charge in [0.15, 0.2) is 0 Å². The molecule has 148 valence electrons. The van der Waals surface area contributed by atoms with E-state index in [1.165, 1.54) is 6.42 Å². The zero-order valence-electron chi connectivity index (χ0n) is 16.2. The van der Waals surface area contributed by atoms with Crippen molar-refractivity contribution < 1.29 is 4.79 Å². The third kappa shape index (κ3) is 2.63. The minimum Gasteiger partial charge on any atom is -0.345 e. The number of carbonyl (C=O) groups excluding carboxylic acids is 1. The van der Waals surface area contributed by atoms with E-state index in [0.717, 1.165) is 49.0 Å². The first kappa shape index (κ1) is 16.9. The van der Waals surface area contributed by atoms with Crippen LogP contribution in [-0.2, 0) is 10.3 Å². The molecule has 2 unspecified atom stereocenters. The van der Waals surface area contributed by atoms with Crippen LogP contribution < -0.4 is 5.32 Å². The second kappa shape index (κ2) is 6.02. The molecule has 29 heavy (non-hydrogen) atoms. The molecule has 4 aliphatic carbocycles. The monoisotopic (exact) mass is 388 g/mol. The molecule has 0 spiro atoms. The SMILES string of the molecule is O=C(Nc1cccc(-c2cnc[nH]2)c1)C12CC3CC(C1)CC(n1cncn1)(C3)C2. The van der Waals surface area contributed by atoms with Crippen molar-refractivity contribution in [3.63, 3.8) is 0 Å². The van der Waals surface area contributed by atoms with Gasteiger partial charge in [0.2, 0.25) is 5.91 Å². The molecule has 7 nitrogen and oxygen atoms in total. The zero-order chi connectivity index (χ0) is 19.5. The normalized spacial score (nSPS) is 32.4. The summed E-state index contributed by atoms with van der Waals surface area (Å²) in [7, 11) is 0. The molecular formula is C22H24N6O. The zero-order valence-corrected chi connectivity index (χ0v) is 16.2. The van der Waals surface area contributed by atoms with Crippen LogP contribution in [0.25, 0.3) is 11.3 Å². The van der Waals surface area contributed by atoms with E-state index in [2.05, 4.69) is 25.4 Å². The quantitative estimate of drug-likeness (QED) is 0.715. The Morgan fingerprint density at radius 1 is 1.17 bits per heavy atom. The number of aromatic amines is 1. The van der Waals surface area contributed by atoms with Gasteiger partial charge in [-0.25, -0.2) is 14.6 Å². The lowest BCUT2D eigenvalue weighted by atomic mass is 9.46. The molecule has 4 aliphatic rings. The van der Waals surface area contributed by atoms with Crippen molar-refractivity contribution in [2.75, 3.05) is 5.32 Å². The highest BCUT2D eigenvalue weighted by molar-refractivity contribution is 5.96. The van der Waals surface area contributed by atoms with Gasteiger partial charge in [-0.3, -0.25) is 4.79 Å². The minimum atomic E-state index is -0.306. The number of hydrogen-bond donors (Lipinski definition) is 2. The van der Waals surface area contributed by atoms with Crippen LogP contribution in [0.3, 0.4) is 0 Å². The molecule has 1 aromatic carbocycles. The molecule has 7 rings (SSSR count). The highest BCUT2D eigenvalue weighted by Crippen LogP contribution is 2.64. The van der Waals surface area contributed by atoms with E-state index in [1.54, 1.807) is 18.9 Å². The van der Waals surface area contributed by atoms with Crippen LogP contribution in [0, 0.1) is 17.3 Å². The average molecular weight is 388 g/mol.